The van der Waals surface area contributed by atoms with E-state index in [0.717, 1.165) is 28.9 Å². The van der Waals surface area contributed by atoms with E-state index in [4.69, 9.17) is 11.6 Å². The average Bonchev–Trinajstić information content (AvgIpc) is 3.57. The number of alkyl halides is 3. The van der Waals surface area contributed by atoms with Gasteiger partial charge in [-0.15, -0.1) is 0 Å². The number of benzene rings is 3. The number of amides is 2. The van der Waals surface area contributed by atoms with Crippen molar-refractivity contribution in [3.05, 3.63) is 112 Å². The summed E-state index contributed by atoms with van der Waals surface area (Å²) < 4.78 is 41.4. The van der Waals surface area contributed by atoms with Gasteiger partial charge in [0.2, 0.25) is 11.8 Å². The van der Waals surface area contributed by atoms with E-state index in [9.17, 15) is 22.8 Å². The van der Waals surface area contributed by atoms with Gasteiger partial charge in [-0.2, -0.15) is 18.3 Å². The molecular weight excluding hydrogens is 619 g/mol. The molecule has 2 aliphatic heterocycles. The standard InChI is InChI=1S/C33H33ClF3N7O2/c34-27-9-5-22(6-10-27)15-29(41-31(45)28-17-23-7-8-26(33(35,36)37)16-25(23)18-39-28)32(46)43-13-11-42(12-14-43)30-4-2-1-3-24(30)19-44-21-38-20-40-44/h1-10,16,20-21,28-29,39H,11-15,17-19H2,(H,41,45). The number of anilines is 1. The zero-order chi connectivity index (χ0) is 32.3. The van der Waals surface area contributed by atoms with Gasteiger partial charge in [0.15, 0.2) is 0 Å². The van der Waals surface area contributed by atoms with Crippen LogP contribution in [-0.4, -0.2) is 69.7 Å². The highest BCUT2D eigenvalue weighted by Gasteiger charge is 2.34. The Labute approximate surface area is 269 Å². The van der Waals surface area contributed by atoms with Gasteiger partial charge in [0.1, 0.15) is 18.7 Å². The smallest absolute Gasteiger partial charge is 0.368 e. The van der Waals surface area contributed by atoms with Gasteiger partial charge in [-0.05, 0) is 59.0 Å². The number of nitrogens with one attached hydrogen (secondary N) is 2. The lowest BCUT2D eigenvalue weighted by Crippen LogP contribution is -2.58. The van der Waals surface area contributed by atoms with Crippen LogP contribution < -0.4 is 15.5 Å². The predicted octanol–water partition coefficient (Wildman–Crippen LogP) is 4.09. The number of aromatic nitrogens is 3. The molecule has 4 aromatic rings. The van der Waals surface area contributed by atoms with Crippen LogP contribution in [0.15, 0.2) is 79.4 Å². The highest BCUT2D eigenvalue weighted by atomic mass is 35.5. The lowest BCUT2D eigenvalue weighted by molar-refractivity contribution is -0.137. The predicted molar refractivity (Wildman–Crippen MR) is 167 cm³/mol. The van der Waals surface area contributed by atoms with Crippen molar-refractivity contribution in [2.45, 2.75) is 44.2 Å². The first-order valence-electron chi connectivity index (χ1n) is 15.1. The van der Waals surface area contributed by atoms with Crippen LogP contribution in [0.4, 0.5) is 18.9 Å². The molecule has 2 N–H and O–H groups in total. The van der Waals surface area contributed by atoms with Gasteiger partial charge in [0.25, 0.3) is 0 Å². The van der Waals surface area contributed by atoms with Gasteiger partial charge < -0.3 is 20.4 Å². The molecule has 2 aliphatic rings. The number of halogens is 4. The monoisotopic (exact) mass is 651 g/mol. The third-order valence-electron chi connectivity index (χ3n) is 8.50. The number of para-hydroxylation sites is 1. The Balaban J connectivity index is 1.13. The van der Waals surface area contributed by atoms with Crippen LogP contribution in [0.2, 0.25) is 5.02 Å². The molecule has 3 aromatic carbocycles. The number of fused-ring (bicyclic) bond motifs is 1. The maximum absolute atomic E-state index is 14.0. The Morgan fingerprint density at radius 1 is 1.00 bits per heavy atom. The Morgan fingerprint density at radius 3 is 2.48 bits per heavy atom. The Hall–Kier alpha value is -4.42. The second-order valence-electron chi connectivity index (χ2n) is 11.5. The fraction of sp³-hybridized carbons (Fsp3) is 0.333. The fourth-order valence-electron chi connectivity index (χ4n) is 6.04. The van der Waals surface area contributed by atoms with Gasteiger partial charge in [0.05, 0.1) is 18.2 Å². The van der Waals surface area contributed by atoms with Gasteiger partial charge in [0, 0.05) is 49.9 Å². The summed E-state index contributed by atoms with van der Waals surface area (Å²) in [5, 5.41) is 10.8. The second-order valence-corrected chi connectivity index (χ2v) is 12.0. The number of hydrogen-bond acceptors (Lipinski definition) is 6. The third kappa shape index (κ3) is 7.34. The summed E-state index contributed by atoms with van der Waals surface area (Å²) in [6, 6.07) is 17.3. The molecule has 0 aliphatic carbocycles. The van der Waals surface area contributed by atoms with Crippen molar-refractivity contribution in [3.63, 3.8) is 0 Å². The SMILES string of the molecule is O=C(NC(Cc1ccc(Cl)cc1)C(=O)N1CCN(c2ccccc2Cn2cncn2)CC1)C1Cc2ccc(C(F)(F)F)cc2CN1. The Kier molecular flexibility index (Phi) is 9.27. The Morgan fingerprint density at radius 2 is 1.76 bits per heavy atom. The molecule has 6 rings (SSSR count). The topological polar surface area (TPSA) is 95.4 Å². The molecule has 3 heterocycles. The van der Waals surface area contributed by atoms with Crippen LogP contribution in [0.1, 0.15) is 27.8 Å². The van der Waals surface area contributed by atoms with E-state index in [0.29, 0.717) is 48.9 Å². The highest BCUT2D eigenvalue weighted by molar-refractivity contribution is 6.30. The maximum atomic E-state index is 14.0. The molecule has 2 atom stereocenters. The fourth-order valence-corrected chi connectivity index (χ4v) is 6.16. The minimum atomic E-state index is -4.44. The van der Waals surface area contributed by atoms with Crippen molar-refractivity contribution in [2.24, 2.45) is 0 Å². The van der Waals surface area contributed by atoms with E-state index in [1.807, 2.05) is 24.3 Å². The lowest BCUT2D eigenvalue weighted by Gasteiger charge is -2.38. The highest BCUT2D eigenvalue weighted by Crippen LogP contribution is 2.32. The first kappa shape index (κ1) is 31.6. The number of hydrogen-bond donors (Lipinski definition) is 2. The number of rotatable bonds is 8. The van der Waals surface area contributed by atoms with Crippen molar-refractivity contribution in [2.75, 3.05) is 31.1 Å². The molecule has 1 fully saturated rings. The molecule has 13 heteroatoms. The third-order valence-corrected chi connectivity index (χ3v) is 8.76. The van der Waals surface area contributed by atoms with Gasteiger partial charge in [-0.3, -0.25) is 9.59 Å². The molecule has 2 amide bonds. The van der Waals surface area contributed by atoms with E-state index >= 15 is 0 Å². The zero-order valence-electron chi connectivity index (χ0n) is 24.9. The van der Waals surface area contributed by atoms with Gasteiger partial charge >= 0.3 is 6.18 Å². The summed E-state index contributed by atoms with van der Waals surface area (Å²) >= 11 is 6.08. The molecule has 0 radical (unpaired) electrons. The summed E-state index contributed by atoms with van der Waals surface area (Å²) in [5.41, 5.74) is 3.47. The van der Waals surface area contributed by atoms with E-state index < -0.39 is 23.8 Å². The number of carbonyl (C=O) groups is 2. The molecule has 2 unspecified atom stereocenters. The first-order chi connectivity index (χ1) is 22.1. The summed E-state index contributed by atoms with van der Waals surface area (Å²) in [6.07, 6.45) is -0.781. The van der Waals surface area contributed by atoms with Crippen molar-refractivity contribution in [3.8, 4) is 0 Å². The van der Waals surface area contributed by atoms with Crippen LogP contribution in [0, 0.1) is 0 Å². The molecule has 0 bridgehead atoms. The van der Waals surface area contributed by atoms with Crippen LogP contribution in [-0.2, 0) is 41.7 Å². The molecule has 240 valence electrons. The van der Waals surface area contributed by atoms with E-state index in [1.165, 1.54) is 12.4 Å². The van der Waals surface area contributed by atoms with Crippen molar-refractivity contribution in [1.29, 1.82) is 0 Å². The quantitative estimate of drug-likeness (QED) is 0.298. The lowest BCUT2D eigenvalue weighted by atomic mass is 9.93. The largest absolute Gasteiger partial charge is 0.416 e. The van der Waals surface area contributed by atoms with Crippen molar-refractivity contribution in [1.82, 2.24) is 30.3 Å². The summed E-state index contributed by atoms with van der Waals surface area (Å²) in [6.45, 7) is 2.87. The van der Waals surface area contributed by atoms with Crippen LogP contribution >= 0.6 is 11.6 Å². The van der Waals surface area contributed by atoms with Crippen molar-refractivity contribution < 1.29 is 22.8 Å². The number of piperazine rings is 1. The molecule has 46 heavy (non-hydrogen) atoms. The molecule has 1 aromatic heterocycles. The zero-order valence-corrected chi connectivity index (χ0v) is 25.6. The minimum Gasteiger partial charge on any atom is -0.368 e. The van der Waals surface area contributed by atoms with E-state index in [1.54, 1.807) is 28.0 Å². The summed E-state index contributed by atoms with van der Waals surface area (Å²) in [4.78, 5) is 35.5. The molecule has 0 saturated carbocycles. The van der Waals surface area contributed by atoms with Crippen molar-refractivity contribution >= 4 is 29.1 Å². The van der Waals surface area contributed by atoms with Gasteiger partial charge in [-0.1, -0.05) is 48.0 Å². The number of carbonyl (C=O) groups excluding carboxylic acids is 2. The minimum absolute atomic E-state index is 0.119. The molecule has 0 spiro atoms. The van der Waals surface area contributed by atoms with Crippen LogP contribution in [0.25, 0.3) is 0 Å². The maximum Gasteiger partial charge on any atom is 0.416 e. The molecular formula is C33H33ClF3N7O2. The Bertz CT molecular complexity index is 1670. The van der Waals surface area contributed by atoms with E-state index in [2.05, 4.69) is 37.7 Å². The van der Waals surface area contributed by atoms with Gasteiger partial charge in [-0.25, -0.2) is 9.67 Å². The summed E-state index contributed by atoms with van der Waals surface area (Å²) in [5.74, 6) is -0.566. The normalized spacial score (nSPS) is 17.3. The molecule has 9 nitrogen and oxygen atoms in total. The summed E-state index contributed by atoms with van der Waals surface area (Å²) in [7, 11) is 0. The van der Waals surface area contributed by atoms with Crippen LogP contribution in [0.5, 0.6) is 0 Å². The van der Waals surface area contributed by atoms with Crippen LogP contribution in [0.3, 0.4) is 0 Å². The average molecular weight is 652 g/mol. The van der Waals surface area contributed by atoms with E-state index in [-0.39, 0.29) is 31.2 Å². The first-order valence-corrected chi connectivity index (χ1v) is 15.4. The number of nitrogens with zero attached hydrogens (tertiary/aromatic N) is 5. The molecule has 1 saturated heterocycles. The second kappa shape index (κ2) is 13.5.